The fourth-order valence-electron chi connectivity index (χ4n) is 3.64. The highest BCUT2D eigenvalue weighted by Gasteiger charge is 2.40. The Labute approximate surface area is 183 Å². The van der Waals surface area contributed by atoms with Gasteiger partial charge in [-0.2, -0.15) is 0 Å². The average Bonchev–Trinajstić information content (AvgIpc) is 2.99. The van der Waals surface area contributed by atoms with E-state index < -0.39 is 0 Å². The molecule has 0 radical (unpaired) electrons. The predicted molar refractivity (Wildman–Crippen MR) is 126 cm³/mol. The molecule has 4 rings (SSSR count). The van der Waals surface area contributed by atoms with E-state index in [-0.39, 0.29) is 17.2 Å². The zero-order valence-corrected chi connectivity index (χ0v) is 18.3. The van der Waals surface area contributed by atoms with Gasteiger partial charge in [0.05, 0.1) is 11.3 Å². The monoisotopic (exact) mass is 410 g/mol. The summed E-state index contributed by atoms with van der Waals surface area (Å²) >= 11 is 0. The number of para-hydroxylation sites is 1. The number of carbonyl (C=O) groups is 2. The lowest BCUT2D eigenvalue weighted by atomic mass is 9.87. The van der Waals surface area contributed by atoms with E-state index in [0.29, 0.717) is 17.0 Å². The molecular formula is C27H26N2O2. The topological polar surface area (TPSA) is 49.4 Å². The molecule has 1 aliphatic heterocycles. The summed E-state index contributed by atoms with van der Waals surface area (Å²) in [6.07, 6.45) is 0. The molecule has 1 aliphatic rings. The van der Waals surface area contributed by atoms with Crippen molar-refractivity contribution in [2.24, 2.45) is 0 Å². The molecule has 31 heavy (non-hydrogen) atoms. The number of benzene rings is 3. The van der Waals surface area contributed by atoms with Crippen molar-refractivity contribution < 1.29 is 9.59 Å². The minimum atomic E-state index is -0.355. The Morgan fingerprint density at radius 2 is 1.35 bits per heavy atom. The number of imide groups is 1. The first-order valence-electron chi connectivity index (χ1n) is 10.4. The molecule has 4 heteroatoms. The fourth-order valence-corrected chi connectivity index (χ4v) is 3.64. The highest BCUT2D eigenvalue weighted by Crippen LogP contribution is 2.34. The molecule has 0 aliphatic carbocycles. The van der Waals surface area contributed by atoms with E-state index in [4.69, 9.17) is 0 Å². The number of carbonyl (C=O) groups excluding carboxylic acids is 2. The summed E-state index contributed by atoms with van der Waals surface area (Å²) in [6, 6.07) is 24.7. The third-order valence-corrected chi connectivity index (χ3v) is 5.46. The van der Waals surface area contributed by atoms with Crippen molar-refractivity contribution >= 4 is 28.8 Å². The van der Waals surface area contributed by atoms with Crippen LogP contribution < -0.4 is 10.2 Å². The molecule has 1 N–H and O–H groups in total. The maximum atomic E-state index is 13.4. The van der Waals surface area contributed by atoms with Crippen molar-refractivity contribution in [2.45, 2.75) is 33.1 Å². The molecule has 156 valence electrons. The number of amides is 2. The van der Waals surface area contributed by atoms with Crippen LogP contribution in [0.15, 0.2) is 84.6 Å². The van der Waals surface area contributed by atoms with Gasteiger partial charge in [0.1, 0.15) is 5.70 Å². The molecule has 0 atom stereocenters. The number of nitrogens with zero attached hydrogens (tertiary/aromatic N) is 1. The molecule has 2 amide bonds. The van der Waals surface area contributed by atoms with Gasteiger partial charge in [0, 0.05) is 5.69 Å². The van der Waals surface area contributed by atoms with Gasteiger partial charge >= 0.3 is 0 Å². The van der Waals surface area contributed by atoms with Crippen LogP contribution in [0.5, 0.6) is 0 Å². The van der Waals surface area contributed by atoms with Gasteiger partial charge in [-0.3, -0.25) is 9.59 Å². The summed E-state index contributed by atoms with van der Waals surface area (Å²) in [6.45, 7) is 8.46. The van der Waals surface area contributed by atoms with Gasteiger partial charge in [0.15, 0.2) is 0 Å². The molecule has 0 spiro atoms. The van der Waals surface area contributed by atoms with Crippen molar-refractivity contribution in [3.63, 3.8) is 0 Å². The molecule has 3 aromatic carbocycles. The summed E-state index contributed by atoms with van der Waals surface area (Å²) in [5, 5.41) is 3.23. The van der Waals surface area contributed by atoms with Crippen LogP contribution in [-0.4, -0.2) is 11.8 Å². The lowest BCUT2D eigenvalue weighted by Gasteiger charge is -2.19. The van der Waals surface area contributed by atoms with E-state index >= 15 is 0 Å². The molecule has 0 saturated carbocycles. The number of hydrogen-bond acceptors (Lipinski definition) is 3. The second-order valence-electron chi connectivity index (χ2n) is 8.85. The smallest absolute Gasteiger partial charge is 0.282 e. The number of anilines is 2. The van der Waals surface area contributed by atoms with Crippen LogP contribution in [0.1, 0.15) is 37.5 Å². The second-order valence-corrected chi connectivity index (χ2v) is 8.85. The predicted octanol–water partition coefficient (Wildman–Crippen LogP) is 5.69. The molecule has 1 heterocycles. The number of nitrogens with one attached hydrogen (secondary N) is 1. The van der Waals surface area contributed by atoms with E-state index in [9.17, 15) is 9.59 Å². The molecule has 0 fully saturated rings. The average molecular weight is 411 g/mol. The van der Waals surface area contributed by atoms with E-state index in [2.05, 4.69) is 26.1 Å². The third-order valence-electron chi connectivity index (χ3n) is 5.46. The lowest BCUT2D eigenvalue weighted by Crippen LogP contribution is -2.32. The van der Waals surface area contributed by atoms with Gasteiger partial charge < -0.3 is 5.32 Å². The SMILES string of the molecule is Cc1ccc(C2=C(Nc3ccc(C(C)(C)C)cc3)C(=O)N(c3ccccc3)C2=O)cc1. The van der Waals surface area contributed by atoms with Crippen LogP contribution in [-0.2, 0) is 15.0 Å². The molecule has 0 unspecified atom stereocenters. The van der Waals surface area contributed by atoms with Gasteiger partial charge in [-0.25, -0.2) is 4.90 Å². The normalized spacial score (nSPS) is 14.4. The van der Waals surface area contributed by atoms with Crippen LogP contribution in [0.3, 0.4) is 0 Å². The van der Waals surface area contributed by atoms with Crippen LogP contribution in [0.4, 0.5) is 11.4 Å². The summed E-state index contributed by atoms with van der Waals surface area (Å²) in [5.74, 6) is -0.680. The standard InChI is InChI=1S/C27H26N2O2/c1-18-10-12-19(13-11-18)23-24(28-21-16-14-20(15-17-21)27(2,3)4)26(31)29(25(23)30)22-8-6-5-7-9-22/h5-17,28H,1-4H3. The Bertz CT molecular complexity index is 1150. The van der Waals surface area contributed by atoms with E-state index in [0.717, 1.165) is 16.8 Å². The van der Waals surface area contributed by atoms with Crippen LogP contribution in [0, 0.1) is 6.92 Å². The summed E-state index contributed by atoms with van der Waals surface area (Å²) in [5.41, 5.74) is 5.05. The Morgan fingerprint density at radius 1 is 0.742 bits per heavy atom. The van der Waals surface area contributed by atoms with Crippen LogP contribution in [0.2, 0.25) is 0 Å². The zero-order valence-electron chi connectivity index (χ0n) is 18.3. The Balaban J connectivity index is 1.77. The summed E-state index contributed by atoms with van der Waals surface area (Å²) < 4.78 is 0. The van der Waals surface area contributed by atoms with Gasteiger partial charge in [-0.1, -0.05) is 80.9 Å². The minimum absolute atomic E-state index is 0.0358. The van der Waals surface area contributed by atoms with Crippen LogP contribution >= 0.6 is 0 Å². The highest BCUT2D eigenvalue weighted by molar-refractivity contribution is 6.46. The first-order valence-corrected chi connectivity index (χ1v) is 10.4. The third kappa shape index (κ3) is 4.02. The maximum Gasteiger partial charge on any atom is 0.282 e. The summed E-state index contributed by atoms with van der Waals surface area (Å²) in [4.78, 5) is 28.0. The van der Waals surface area contributed by atoms with Crippen molar-refractivity contribution in [1.82, 2.24) is 0 Å². The van der Waals surface area contributed by atoms with Crippen LogP contribution in [0.25, 0.3) is 5.57 Å². The molecule has 0 bridgehead atoms. The highest BCUT2D eigenvalue weighted by atomic mass is 16.2. The molecule has 0 aromatic heterocycles. The Morgan fingerprint density at radius 3 is 1.94 bits per heavy atom. The number of hydrogen-bond donors (Lipinski definition) is 1. The Kier molecular flexibility index (Phi) is 5.24. The molecule has 0 saturated heterocycles. The van der Waals surface area contributed by atoms with E-state index in [1.54, 1.807) is 12.1 Å². The zero-order chi connectivity index (χ0) is 22.2. The number of aryl methyl sites for hydroxylation is 1. The van der Waals surface area contributed by atoms with Gasteiger partial charge in [-0.05, 0) is 47.7 Å². The fraction of sp³-hybridized carbons (Fsp3) is 0.185. The molecule has 3 aromatic rings. The quantitative estimate of drug-likeness (QED) is 0.562. The first kappa shape index (κ1) is 20.6. The molecule has 4 nitrogen and oxygen atoms in total. The lowest BCUT2D eigenvalue weighted by molar-refractivity contribution is -0.120. The first-order chi connectivity index (χ1) is 14.8. The summed E-state index contributed by atoms with van der Waals surface area (Å²) in [7, 11) is 0. The van der Waals surface area contributed by atoms with Gasteiger partial charge in [0.2, 0.25) is 0 Å². The maximum absolute atomic E-state index is 13.4. The minimum Gasteiger partial charge on any atom is -0.350 e. The van der Waals surface area contributed by atoms with Crippen molar-refractivity contribution in [1.29, 1.82) is 0 Å². The largest absolute Gasteiger partial charge is 0.350 e. The van der Waals surface area contributed by atoms with Crippen molar-refractivity contribution in [3.8, 4) is 0 Å². The van der Waals surface area contributed by atoms with E-state index in [1.807, 2.05) is 73.7 Å². The Hall–Kier alpha value is -3.66. The van der Waals surface area contributed by atoms with Gasteiger partial charge in [0.25, 0.3) is 11.8 Å². The van der Waals surface area contributed by atoms with Crippen molar-refractivity contribution in [3.05, 3.63) is 101 Å². The van der Waals surface area contributed by atoms with Crippen molar-refractivity contribution in [2.75, 3.05) is 10.2 Å². The van der Waals surface area contributed by atoms with E-state index in [1.165, 1.54) is 10.5 Å². The molecular weight excluding hydrogens is 384 g/mol. The second kappa shape index (κ2) is 7.88. The van der Waals surface area contributed by atoms with Gasteiger partial charge in [-0.15, -0.1) is 0 Å². The number of rotatable bonds is 4.